The second-order valence-electron chi connectivity index (χ2n) is 4.62. The molecule has 0 saturated heterocycles. The van der Waals surface area contributed by atoms with Crippen molar-refractivity contribution < 1.29 is 19.1 Å². The highest BCUT2D eigenvalue weighted by Gasteiger charge is 2.12. The first kappa shape index (κ1) is 17.0. The summed E-state index contributed by atoms with van der Waals surface area (Å²) < 4.78 is 10.6. The average molecular weight is 327 g/mol. The maximum absolute atomic E-state index is 12.1. The van der Waals surface area contributed by atoms with Gasteiger partial charge < -0.3 is 9.47 Å². The predicted octanol–water partition coefficient (Wildman–Crippen LogP) is 1.73. The molecule has 2 rings (SSSR count). The topological polar surface area (TPSA) is 89.6 Å². The van der Waals surface area contributed by atoms with Gasteiger partial charge in [-0.25, -0.2) is 0 Å². The normalized spacial score (nSPS) is 9.71. The Hall–Kier alpha value is -3.35. The largest absolute Gasteiger partial charge is 0.493 e. The molecule has 1 heterocycles. The number of rotatable bonds is 6. The zero-order valence-electron chi connectivity index (χ0n) is 13.1. The van der Waals surface area contributed by atoms with Gasteiger partial charge >= 0.3 is 0 Å². The molecule has 0 unspecified atom stereocenters. The lowest BCUT2D eigenvalue weighted by molar-refractivity contribution is 0.0846. The molecule has 1 aromatic carbocycles. The fraction of sp³-hybridized carbons (Fsp3) is 0.118. The van der Waals surface area contributed by atoms with Gasteiger partial charge in [-0.3, -0.25) is 25.4 Å². The molecular formula is C17H17N3O4. The number of aromatic nitrogens is 1. The van der Waals surface area contributed by atoms with E-state index in [4.69, 9.17) is 9.47 Å². The smallest absolute Gasteiger partial charge is 0.271 e. The standard InChI is InChI=1S/C17H17N3O4/c1-3-9-24-14-7-6-12(10-15(14)23-2)16(21)19-20-17(22)13-5-4-8-18-11-13/h3-8,10-11H,1,9H2,2H3,(H,19,21)(H,20,22). The summed E-state index contributed by atoms with van der Waals surface area (Å²) in [5, 5.41) is 0. The van der Waals surface area contributed by atoms with E-state index >= 15 is 0 Å². The molecule has 0 aliphatic carbocycles. The molecule has 0 fully saturated rings. The SMILES string of the molecule is C=CCOc1ccc(C(=O)NNC(=O)c2cccnc2)cc1OC. The minimum Gasteiger partial charge on any atom is -0.493 e. The lowest BCUT2D eigenvalue weighted by Crippen LogP contribution is -2.41. The molecular weight excluding hydrogens is 310 g/mol. The number of hydrazine groups is 1. The summed E-state index contributed by atoms with van der Waals surface area (Å²) in [4.78, 5) is 27.8. The van der Waals surface area contributed by atoms with Gasteiger partial charge in [0.15, 0.2) is 11.5 Å². The summed E-state index contributed by atoms with van der Waals surface area (Å²) in [6, 6.07) is 7.91. The molecule has 2 aromatic rings. The Kier molecular flexibility index (Phi) is 5.90. The van der Waals surface area contributed by atoms with Crippen molar-refractivity contribution in [3.63, 3.8) is 0 Å². The first-order valence-electron chi connectivity index (χ1n) is 7.08. The zero-order valence-corrected chi connectivity index (χ0v) is 13.1. The first-order chi connectivity index (χ1) is 11.7. The number of methoxy groups -OCH3 is 1. The van der Waals surface area contributed by atoms with Crippen LogP contribution in [0.15, 0.2) is 55.4 Å². The van der Waals surface area contributed by atoms with Crippen molar-refractivity contribution in [3.05, 3.63) is 66.5 Å². The third-order valence-electron chi connectivity index (χ3n) is 3.00. The molecule has 0 aliphatic rings. The van der Waals surface area contributed by atoms with Gasteiger partial charge in [-0.2, -0.15) is 0 Å². The van der Waals surface area contributed by atoms with Crippen molar-refractivity contribution in [3.8, 4) is 11.5 Å². The molecule has 2 amide bonds. The van der Waals surface area contributed by atoms with Crippen LogP contribution in [0.1, 0.15) is 20.7 Å². The Balaban J connectivity index is 2.01. The summed E-state index contributed by atoms with van der Waals surface area (Å²) >= 11 is 0. The van der Waals surface area contributed by atoms with E-state index in [1.165, 1.54) is 19.4 Å². The number of carbonyl (C=O) groups excluding carboxylic acids is 2. The van der Waals surface area contributed by atoms with E-state index in [1.807, 2.05) is 0 Å². The van der Waals surface area contributed by atoms with Crippen molar-refractivity contribution in [1.29, 1.82) is 0 Å². The summed E-state index contributed by atoms with van der Waals surface area (Å²) in [5.74, 6) is -0.0495. The van der Waals surface area contributed by atoms with Crippen LogP contribution in [0.2, 0.25) is 0 Å². The minimum absolute atomic E-state index is 0.310. The van der Waals surface area contributed by atoms with Crippen LogP contribution < -0.4 is 20.3 Å². The second-order valence-corrected chi connectivity index (χ2v) is 4.62. The van der Waals surface area contributed by atoms with Gasteiger partial charge in [0.25, 0.3) is 11.8 Å². The summed E-state index contributed by atoms with van der Waals surface area (Å²) in [7, 11) is 1.47. The molecule has 1 aromatic heterocycles. The first-order valence-corrected chi connectivity index (χ1v) is 7.08. The van der Waals surface area contributed by atoms with Crippen LogP contribution >= 0.6 is 0 Å². The van der Waals surface area contributed by atoms with Gasteiger partial charge in [0, 0.05) is 18.0 Å². The number of hydrogen-bond acceptors (Lipinski definition) is 5. The fourth-order valence-corrected chi connectivity index (χ4v) is 1.83. The maximum Gasteiger partial charge on any atom is 0.271 e. The Morgan fingerprint density at radius 3 is 2.54 bits per heavy atom. The number of benzene rings is 1. The maximum atomic E-state index is 12.1. The molecule has 0 bridgehead atoms. The van der Waals surface area contributed by atoms with Gasteiger partial charge in [0.05, 0.1) is 12.7 Å². The fourth-order valence-electron chi connectivity index (χ4n) is 1.83. The molecule has 7 nitrogen and oxygen atoms in total. The predicted molar refractivity (Wildman–Crippen MR) is 87.9 cm³/mol. The Bertz CT molecular complexity index is 732. The third-order valence-corrected chi connectivity index (χ3v) is 3.00. The van der Waals surface area contributed by atoms with Crippen LogP contribution in [0.5, 0.6) is 11.5 Å². The highest BCUT2D eigenvalue weighted by atomic mass is 16.5. The molecule has 124 valence electrons. The minimum atomic E-state index is -0.485. The molecule has 0 radical (unpaired) electrons. The summed E-state index contributed by atoms with van der Waals surface area (Å²) in [5.41, 5.74) is 5.30. The Morgan fingerprint density at radius 2 is 1.92 bits per heavy atom. The zero-order chi connectivity index (χ0) is 17.4. The van der Waals surface area contributed by atoms with Crippen LogP contribution in [-0.4, -0.2) is 30.5 Å². The number of ether oxygens (including phenoxy) is 2. The van der Waals surface area contributed by atoms with Crippen LogP contribution in [-0.2, 0) is 0 Å². The molecule has 0 aliphatic heterocycles. The molecule has 7 heteroatoms. The van der Waals surface area contributed by atoms with Crippen molar-refractivity contribution >= 4 is 11.8 Å². The monoisotopic (exact) mass is 327 g/mol. The summed E-state index contributed by atoms with van der Waals surface area (Å²) in [6.07, 6.45) is 4.56. The van der Waals surface area contributed by atoms with Crippen LogP contribution in [0.3, 0.4) is 0 Å². The van der Waals surface area contributed by atoms with Crippen molar-refractivity contribution in [2.45, 2.75) is 0 Å². The summed E-state index contributed by atoms with van der Waals surface area (Å²) in [6.45, 7) is 3.89. The Labute approximate surface area is 139 Å². The van der Waals surface area contributed by atoms with E-state index in [0.29, 0.717) is 29.2 Å². The van der Waals surface area contributed by atoms with Gasteiger partial charge in [0.1, 0.15) is 6.61 Å². The lowest BCUT2D eigenvalue weighted by Gasteiger charge is -2.11. The van der Waals surface area contributed by atoms with E-state index in [9.17, 15) is 9.59 Å². The number of carbonyl (C=O) groups is 2. The highest BCUT2D eigenvalue weighted by molar-refractivity contribution is 5.99. The number of hydrogen-bond donors (Lipinski definition) is 2. The van der Waals surface area contributed by atoms with E-state index in [0.717, 1.165) is 0 Å². The van der Waals surface area contributed by atoms with Gasteiger partial charge in [0.2, 0.25) is 0 Å². The average Bonchev–Trinajstić information content (AvgIpc) is 2.64. The number of pyridine rings is 1. The van der Waals surface area contributed by atoms with Gasteiger partial charge in [-0.15, -0.1) is 0 Å². The Morgan fingerprint density at radius 1 is 1.17 bits per heavy atom. The van der Waals surface area contributed by atoms with Crippen molar-refractivity contribution in [1.82, 2.24) is 15.8 Å². The van der Waals surface area contributed by atoms with Gasteiger partial charge in [-0.05, 0) is 30.3 Å². The lowest BCUT2D eigenvalue weighted by atomic mass is 10.2. The van der Waals surface area contributed by atoms with Crippen molar-refractivity contribution in [2.75, 3.05) is 13.7 Å². The second kappa shape index (κ2) is 8.33. The number of nitrogens with one attached hydrogen (secondary N) is 2. The van der Waals surface area contributed by atoms with Gasteiger partial charge in [-0.1, -0.05) is 12.7 Å². The quantitative estimate of drug-likeness (QED) is 0.623. The van der Waals surface area contributed by atoms with E-state index in [2.05, 4.69) is 22.4 Å². The molecule has 0 atom stereocenters. The molecule has 2 N–H and O–H groups in total. The van der Waals surface area contributed by atoms with Crippen molar-refractivity contribution in [2.24, 2.45) is 0 Å². The van der Waals surface area contributed by atoms with Crippen LogP contribution in [0, 0.1) is 0 Å². The van der Waals surface area contributed by atoms with E-state index in [-0.39, 0.29) is 0 Å². The highest BCUT2D eigenvalue weighted by Crippen LogP contribution is 2.27. The van der Waals surface area contributed by atoms with Crippen LogP contribution in [0.25, 0.3) is 0 Å². The van der Waals surface area contributed by atoms with E-state index < -0.39 is 11.8 Å². The molecule has 24 heavy (non-hydrogen) atoms. The molecule has 0 spiro atoms. The van der Waals surface area contributed by atoms with Crippen LogP contribution in [0.4, 0.5) is 0 Å². The number of nitrogens with zero attached hydrogens (tertiary/aromatic N) is 1. The van der Waals surface area contributed by atoms with E-state index in [1.54, 1.807) is 36.5 Å². The number of amides is 2. The molecule has 0 saturated carbocycles. The third kappa shape index (κ3) is 4.33.